The van der Waals surface area contributed by atoms with Crippen LogP contribution in [0.4, 0.5) is 0 Å². The smallest absolute Gasteiger partial charge is 0.153 e. The fraction of sp³-hybridized carbons (Fsp3) is 0.182. The van der Waals surface area contributed by atoms with E-state index in [1.165, 1.54) is 0 Å². The second-order valence-corrected chi connectivity index (χ2v) is 2.76. The lowest BCUT2D eigenvalue weighted by Crippen LogP contribution is -1.97. The molecule has 1 aromatic carbocycles. The number of hydrogen-bond acceptors (Lipinski definition) is 2. The average Bonchev–Trinajstić information content (AvgIpc) is 2.15. The first-order valence-electron chi connectivity index (χ1n) is 4.07. The highest BCUT2D eigenvalue weighted by Crippen LogP contribution is 2.18. The zero-order valence-electron chi connectivity index (χ0n) is 7.62. The minimum atomic E-state index is 0.421. The second kappa shape index (κ2) is 4.45. The molecule has 0 fully saturated rings. The molecule has 0 atom stereocenters. The van der Waals surface area contributed by atoms with Gasteiger partial charge in [-0.05, 0) is 24.6 Å². The molecule has 13 heavy (non-hydrogen) atoms. The molecule has 0 spiro atoms. The highest BCUT2D eigenvalue weighted by atomic mass is 16.5. The summed E-state index contributed by atoms with van der Waals surface area (Å²) >= 11 is 0. The van der Waals surface area contributed by atoms with E-state index < -0.39 is 0 Å². The van der Waals surface area contributed by atoms with Crippen molar-refractivity contribution in [3.63, 3.8) is 0 Å². The predicted molar refractivity (Wildman–Crippen MR) is 52.3 cm³/mol. The van der Waals surface area contributed by atoms with Crippen molar-refractivity contribution in [3.05, 3.63) is 42.0 Å². The number of ether oxygens (including phenoxy) is 1. The van der Waals surface area contributed by atoms with Crippen molar-refractivity contribution in [2.75, 3.05) is 6.61 Å². The molecule has 0 bridgehead atoms. The molecule has 1 rings (SSSR count). The van der Waals surface area contributed by atoms with Gasteiger partial charge in [0.25, 0.3) is 0 Å². The predicted octanol–water partition coefficient (Wildman–Crippen LogP) is 2.37. The van der Waals surface area contributed by atoms with Gasteiger partial charge in [0.1, 0.15) is 12.4 Å². The number of carbonyl (C=O) groups excluding carboxylic acids is 1. The summed E-state index contributed by atoms with van der Waals surface area (Å²) in [7, 11) is 0. The monoisotopic (exact) mass is 176 g/mol. The van der Waals surface area contributed by atoms with Gasteiger partial charge in [0.2, 0.25) is 0 Å². The van der Waals surface area contributed by atoms with Gasteiger partial charge < -0.3 is 4.74 Å². The van der Waals surface area contributed by atoms with Crippen molar-refractivity contribution in [1.82, 2.24) is 0 Å². The van der Waals surface area contributed by atoms with Crippen molar-refractivity contribution >= 4 is 6.29 Å². The highest BCUT2D eigenvalue weighted by molar-refractivity contribution is 5.79. The third-order valence-electron chi connectivity index (χ3n) is 1.65. The molecule has 0 aliphatic heterocycles. The third kappa shape index (κ3) is 2.44. The lowest BCUT2D eigenvalue weighted by molar-refractivity contribution is 0.112. The van der Waals surface area contributed by atoms with Crippen LogP contribution in [0.25, 0.3) is 0 Å². The van der Waals surface area contributed by atoms with E-state index in [1.54, 1.807) is 12.1 Å². The zero-order chi connectivity index (χ0) is 9.68. The van der Waals surface area contributed by atoms with Crippen LogP contribution < -0.4 is 4.74 Å². The van der Waals surface area contributed by atoms with Crippen LogP contribution in [0.5, 0.6) is 5.75 Å². The van der Waals surface area contributed by atoms with Gasteiger partial charge >= 0.3 is 0 Å². The van der Waals surface area contributed by atoms with Gasteiger partial charge in [0.15, 0.2) is 6.29 Å². The fourth-order valence-corrected chi connectivity index (χ4v) is 1.01. The Labute approximate surface area is 77.8 Å². The highest BCUT2D eigenvalue weighted by Gasteiger charge is 2.01. The molecule has 0 N–H and O–H groups in total. The molecule has 0 aliphatic rings. The van der Waals surface area contributed by atoms with Gasteiger partial charge in [-0.1, -0.05) is 18.7 Å². The van der Waals surface area contributed by atoms with Gasteiger partial charge in [0, 0.05) is 0 Å². The van der Waals surface area contributed by atoms with Crippen LogP contribution in [0.3, 0.4) is 0 Å². The number of hydrogen-bond donors (Lipinski definition) is 0. The Kier molecular flexibility index (Phi) is 3.26. The number of carbonyl (C=O) groups is 1. The van der Waals surface area contributed by atoms with Crippen LogP contribution in [0.1, 0.15) is 15.9 Å². The van der Waals surface area contributed by atoms with E-state index >= 15 is 0 Å². The summed E-state index contributed by atoms with van der Waals surface area (Å²) in [6.45, 7) is 5.91. The molecule has 0 unspecified atom stereocenters. The lowest BCUT2D eigenvalue weighted by Gasteiger charge is -2.06. The van der Waals surface area contributed by atoms with Crippen LogP contribution in [-0.4, -0.2) is 12.9 Å². The molecule has 0 saturated carbocycles. The largest absolute Gasteiger partial charge is 0.489 e. The van der Waals surface area contributed by atoms with Crippen molar-refractivity contribution in [2.24, 2.45) is 0 Å². The number of aldehydes is 1. The quantitative estimate of drug-likeness (QED) is 0.520. The van der Waals surface area contributed by atoms with Gasteiger partial charge in [-0.25, -0.2) is 0 Å². The molecular formula is C11H12O2. The van der Waals surface area contributed by atoms with Crippen molar-refractivity contribution in [1.29, 1.82) is 0 Å². The molecule has 0 amide bonds. The summed E-state index contributed by atoms with van der Waals surface area (Å²) in [4.78, 5) is 10.6. The number of benzene rings is 1. The minimum absolute atomic E-state index is 0.421. The molecule has 0 radical (unpaired) electrons. The molecule has 68 valence electrons. The van der Waals surface area contributed by atoms with Gasteiger partial charge in [-0.15, -0.1) is 0 Å². The van der Waals surface area contributed by atoms with E-state index in [0.29, 0.717) is 17.9 Å². The van der Waals surface area contributed by atoms with Gasteiger partial charge in [-0.3, -0.25) is 4.79 Å². The topological polar surface area (TPSA) is 26.3 Å². The maximum Gasteiger partial charge on any atom is 0.153 e. The van der Waals surface area contributed by atoms with E-state index in [-0.39, 0.29) is 0 Å². The van der Waals surface area contributed by atoms with Crippen LogP contribution in [0.15, 0.2) is 30.9 Å². The Bertz CT molecular complexity index is 316. The van der Waals surface area contributed by atoms with Gasteiger partial charge in [-0.2, -0.15) is 0 Å². The SMILES string of the molecule is C=CCOc1cc(C)ccc1C=O. The number of aryl methyl sites for hydroxylation is 1. The molecule has 2 heteroatoms. The Balaban J connectivity index is 2.93. The van der Waals surface area contributed by atoms with E-state index in [0.717, 1.165) is 11.8 Å². The summed E-state index contributed by atoms with van der Waals surface area (Å²) in [6, 6.07) is 5.47. The maximum atomic E-state index is 10.6. The van der Waals surface area contributed by atoms with Crippen molar-refractivity contribution in [3.8, 4) is 5.75 Å². The van der Waals surface area contributed by atoms with E-state index in [1.807, 2.05) is 19.1 Å². The molecular weight excluding hydrogens is 164 g/mol. The van der Waals surface area contributed by atoms with Crippen LogP contribution in [-0.2, 0) is 0 Å². The van der Waals surface area contributed by atoms with E-state index in [9.17, 15) is 4.79 Å². The lowest BCUT2D eigenvalue weighted by atomic mass is 10.1. The average molecular weight is 176 g/mol. The number of rotatable bonds is 4. The molecule has 0 heterocycles. The molecule has 0 aromatic heterocycles. The summed E-state index contributed by atoms with van der Waals surface area (Å²) in [6.07, 6.45) is 2.44. The van der Waals surface area contributed by atoms with Crippen molar-refractivity contribution < 1.29 is 9.53 Å². The summed E-state index contributed by atoms with van der Waals surface area (Å²) in [5, 5.41) is 0. The minimum Gasteiger partial charge on any atom is -0.489 e. The first kappa shape index (κ1) is 9.52. The van der Waals surface area contributed by atoms with Gasteiger partial charge in [0.05, 0.1) is 5.56 Å². The standard InChI is InChI=1S/C11H12O2/c1-3-6-13-11-7-9(2)4-5-10(11)8-12/h3-5,7-8H,1,6H2,2H3. The Morgan fingerprint density at radius 3 is 2.92 bits per heavy atom. The van der Waals surface area contributed by atoms with Crippen molar-refractivity contribution in [2.45, 2.75) is 6.92 Å². The summed E-state index contributed by atoms with van der Waals surface area (Å²) in [5.41, 5.74) is 1.65. The van der Waals surface area contributed by atoms with Crippen LogP contribution >= 0.6 is 0 Å². The third-order valence-corrected chi connectivity index (χ3v) is 1.65. The molecule has 2 nitrogen and oxygen atoms in total. The Morgan fingerprint density at radius 2 is 2.31 bits per heavy atom. The maximum absolute atomic E-state index is 10.6. The zero-order valence-corrected chi connectivity index (χ0v) is 7.62. The fourth-order valence-electron chi connectivity index (χ4n) is 1.01. The molecule has 0 aliphatic carbocycles. The van der Waals surface area contributed by atoms with E-state index in [4.69, 9.17) is 4.74 Å². The first-order chi connectivity index (χ1) is 6.27. The summed E-state index contributed by atoms with van der Waals surface area (Å²) in [5.74, 6) is 0.620. The Morgan fingerprint density at radius 1 is 1.54 bits per heavy atom. The normalized spacial score (nSPS) is 9.31. The summed E-state index contributed by atoms with van der Waals surface area (Å²) < 4.78 is 5.31. The van der Waals surface area contributed by atoms with Crippen LogP contribution in [0, 0.1) is 6.92 Å². The Hall–Kier alpha value is -1.57. The molecule has 0 saturated heterocycles. The molecule has 1 aromatic rings. The second-order valence-electron chi connectivity index (χ2n) is 2.76. The van der Waals surface area contributed by atoms with E-state index in [2.05, 4.69) is 6.58 Å². The van der Waals surface area contributed by atoms with Crippen LogP contribution in [0.2, 0.25) is 0 Å². The first-order valence-corrected chi connectivity index (χ1v) is 4.07.